The van der Waals surface area contributed by atoms with Gasteiger partial charge in [-0.2, -0.15) is 0 Å². The number of hydrogen-bond acceptors (Lipinski definition) is 5. The molecule has 0 aliphatic heterocycles. The maximum Gasteiger partial charge on any atom is 0.175 e. The fourth-order valence-electron chi connectivity index (χ4n) is 1.76. The van der Waals surface area contributed by atoms with Crippen LogP contribution >= 0.6 is 0 Å². The van der Waals surface area contributed by atoms with E-state index in [9.17, 15) is 8.42 Å². The normalized spacial score (nSPS) is 11.5. The lowest BCUT2D eigenvalue weighted by Crippen LogP contribution is -2.07. The quantitative estimate of drug-likeness (QED) is 0.882. The van der Waals surface area contributed by atoms with Crippen molar-refractivity contribution in [3.05, 3.63) is 47.9 Å². The van der Waals surface area contributed by atoms with Gasteiger partial charge in [0.05, 0.1) is 17.7 Å². The summed E-state index contributed by atoms with van der Waals surface area (Å²) in [6.45, 7) is 1.02. The lowest BCUT2D eigenvalue weighted by molar-refractivity contribution is 0.301. The number of rotatable bonds is 6. The largest absolute Gasteiger partial charge is 0.489 e. The Morgan fingerprint density at radius 3 is 2.50 bits per heavy atom. The summed E-state index contributed by atoms with van der Waals surface area (Å²) >= 11 is 0. The van der Waals surface area contributed by atoms with Crippen LogP contribution in [0.1, 0.15) is 11.3 Å². The number of furan rings is 1. The van der Waals surface area contributed by atoms with Crippen molar-refractivity contribution in [2.75, 3.05) is 13.3 Å². The summed E-state index contributed by atoms with van der Waals surface area (Å²) < 4.78 is 33.6. The molecule has 0 aliphatic rings. The van der Waals surface area contributed by atoms with Gasteiger partial charge in [-0.05, 0) is 37.4 Å². The molecule has 108 valence electrons. The van der Waals surface area contributed by atoms with E-state index in [0.29, 0.717) is 18.9 Å². The second-order valence-electron chi connectivity index (χ2n) is 4.43. The van der Waals surface area contributed by atoms with Crippen LogP contribution in [0.4, 0.5) is 0 Å². The van der Waals surface area contributed by atoms with Gasteiger partial charge in [-0.15, -0.1) is 0 Å². The number of hydrogen-bond donors (Lipinski definition) is 1. The summed E-state index contributed by atoms with van der Waals surface area (Å²) in [6, 6.07) is 8.23. The zero-order valence-electron chi connectivity index (χ0n) is 11.4. The van der Waals surface area contributed by atoms with Gasteiger partial charge in [-0.25, -0.2) is 8.42 Å². The van der Waals surface area contributed by atoms with Gasteiger partial charge in [0.2, 0.25) is 0 Å². The van der Waals surface area contributed by atoms with Crippen molar-refractivity contribution in [2.24, 2.45) is 0 Å². The molecule has 2 aromatic rings. The van der Waals surface area contributed by atoms with E-state index >= 15 is 0 Å². The van der Waals surface area contributed by atoms with Gasteiger partial charge in [0, 0.05) is 11.8 Å². The van der Waals surface area contributed by atoms with Crippen molar-refractivity contribution in [3.63, 3.8) is 0 Å². The second kappa shape index (κ2) is 6.11. The summed E-state index contributed by atoms with van der Waals surface area (Å²) in [6.07, 6.45) is 2.80. The Labute approximate surface area is 118 Å². The van der Waals surface area contributed by atoms with Gasteiger partial charge in [-0.3, -0.25) is 0 Å². The first-order valence-corrected chi connectivity index (χ1v) is 8.02. The van der Waals surface area contributed by atoms with Crippen molar-refractivity contribution < 1.29 is 17.6 Å². The van der Waals surface area contributed by atoms with E-state index < -0.39 is 9.84 Å². The SMILES string of the molecule is CNCc1occc1COc1ccc(S(C)(=O)=O)cc1. The third kappa shape index (κ3) is 3.61. The minimum absolute atomic E-state index is 0.282. The highest BCUT2D eigenvalue weighted by Gasteiger charge is 2.08. The minimum atomic E-state index is -3.17. The van der Waals surface area contributed by atoms with Crippen LogP contribution in [0.15, 0.2) is 45.9 Å². The standard InChI is InChI=1S/C14H17NO4S/c1-15-9-14-11(7-8-18-14)10-19-12-3-5-13(6-4-12)20(2,16)17/h3-8,15H,9-10H2,1-2H3. The Bertz CT molecular complexity index is 659. The van der Waals surface area contributed by atoms with Crippen molar-refractivity contribution >= 4 is 9.84 Å². The number of ether oxygens (including phenoxy) is 1. The number of benzene rings is 1. The van der Waals surface area contributed by atoms with E-state index in [2.05, 4.69) is 5.32 Å². The average molecular weight is 295 g/mol. The van der Waals surface area contributed by atoms with Gasteiger partial charge in [0.1, 0.15) is 18.1 Å². The highest BCUT2D eigenvalue weighted by Crippen LogP contribution is 2.18. The van der Waals surface area contributed by atoms with Crippen LogP contribution in [-0.4, -0.2) is 21.7 Å². The first-order chi connectivity index (χ1) is 9.50. The molecule has 0 radical (unpaired) electrons. The van der Waals surface area contributed by atoms with Gasteiger partial charge in [-0.1, -0.05) is 0 Å². The van der Waals surface area contributed by atoms with Gasteiger partial charge < -0.3 is 14.5 Å². The molecule has 0 unspecified atom stereocenters. The first-order valence-electron chi connectivity index (χ1n) is 6.13. The molecule has 5 nitrogen and oxygen atoms in total. The Morgan fingerprint density at radius 2 is 1.90 bits per heavy atom. The van der Waals surface area contributed by atoms with E-state index in [1.54, 1.807) is 18.4 Å². The van der Waals surface area contributed by atoms with Crippen molar-refractivity contribution in [3.8, 4) is 5.75 Å². The summed E-state index contributed by atoms with van der Waals surface area (Å²) in [7, 11) is -1.33. The summed E-state index contributed by atoms with van der Waals surface area (Å²) in [5.74, 6) is 1.45. The molecule has 0 spiro atoms. The fraction of sp³-hybridized carbons (Fsp3) is 0.286. The van der Waals surface area contributed by atoms with Crippen molar-refractivity contribution in [1.82, 2.24) is 5.32 Å². The zero-order chi connectivity index (χ0) is 14.6. The predicted molar refractivity (Wildman–Crippen MR) is 75.4 cm³/mol. The van der Waals surface area contributed by atoms with Crippen molar-refractivity contribution in [2.45, 2.75) is 18.0 Å². The maximum atomic E-state index is 11.3. The maximum absolute atomic E-state index is 11.3. The summed E-state index contributed by atoms with van der Waals surface area (Å²) in [5.41, 5.74) is 0.964. The number of sulfone groups is 1. The van der Waals surface area contributed by atoms with Gasteiger partial charge >= 0.3 is 0 Å². The Morgan fingerprint density at radius 1 is 1.20 bits per heavy atom. The molecular weight excluding hydrogens is 278 g/mol. The monoisotopic (exact) mass is 295 g/mol. The molecule has 1 N–H and O–H groups in total. The Balaban J connectivity index is 2.02. The molecule has 0 fully saturated rings. The molecule has 1 aromatic carbocycles. The molecule has 0 saturated heterocycles. The van der Waals surface area contributed by atoms with Gasteiger partial charge in [0.25, 0.3) is 0 Å². The van der Waals surface area contributed by atoms with Crippen LogP contribution in [0.2, 0.25) is 0 Å². The van der Waals surface area contributed by atoms with E-state index in [1.165, 1.54) is 18.4 Å². The van der Waals surface area contributed by atoms with E-state index in [-0.39, 0.29) is 4.90 Å². The van der Waals surface area contributed by atoms with Crippen LogP contribution in [-0.2, 0) is 23.0 Å². The molecule has 2 rings (SSSR count). The van der Waals surface area contributed by atoms with E-state index in [4.69, 9.17) is 9.15 Å². The zero-order valence-corrected chi connectivity index (χ0v) is 12.2. The smallest absolute Gasteiger partial charge is 0.175 e. The van der Waals surface area contributed by atoms with Crippen molar-refractivity contribution in [1.29, 1.82) is 0 Å². The fourth-order valence-corrected chi connectivity index (χ4v) is 2.39. The van der Waals surface area contributed by atoms with E-state index in [0.717, 1.165) is 11.3 Å². The Hall–Kier alpha value is -1.79. The molecular formula is C14H17NO4S. The molecule has 0 aliphatic carbocycles. The molecule has 1 aromatic heterocycles. The first kappa shape index (κ1) is 14.6. The third-order valence-electron chi connectivity index (χ3n) is 2.82. The van der Waals surface area contributed by atoms with Crippen LogP contribution in [0.3, 0.4) is 0 Å². The number of nitrogens with one attached hydrogen (secondary N) is 1. The molecule has 0 atom stereocenters. The average Bonchev–Trinajstić information content (AvgIpc) is 2.84. The van der Waals surface area contributed by atoms with Crippen LogP contribution in [0.25, 0.3) is 0 Å². The molecule has 1 heterocycles. The van der Waals surface area contributed by atoms with Crippen LogP contribution < -0.4 is 10.1 Å². The second-order valence-corrected chi connectivity index (χ2v) is 6.45. The topological polar surface area (TPSA) is 68.5 Å². The highest BCUT2D eigenvalue weighted by atomic mass is 32.2. The van der Waals surface area contributed by atoms with Gasteiger partial charge in [0.15, 0.2) is 9.84 Å². The molecule has 20 heavy (non-hydrogen) atoms. The lowest BCUT2D eigenvalue weighted by Gasteiger charge is -2.07. The summed E-state index contributed by atoms with van der Waals surface area (Å²) in [5, 5.41) is 3.02. The highest BCUT2D eigenvalue weighted by molar-refractivity contribution is 7.90. The molecule has 0 bridgehead atoms. The summed E-state index contributed by atoms with van der Waals surface area (Å²) in [4.78, 5) is 0.282. The molecule has 6 heteroatoms. The minimum Gasteiger partial charge on any atom is -0.489 e. The third-order valence-corrected chi connectivity index (χ3v) is 3.95. The van der Waals surface area contributed by atoms with E-state index in [1.807, 2.05) is 13.1 Å². The molecule has 0 amide bonds. The molecule has 0 saturated carbocycles. The van der Waals surface area contributed by atoms with Crippen LogP contribution in [0.5, 0.6) is 5.75 Å². The predicted octanol–water partition coefficient (Wildman–Crippen LogP) is 1.98. The Kier molecular flexibility index (Phi) is 4.46. The lowest BCUT2D eigenvalue weighted by atomic mass is 10.2. The van der Waals surface area contributed by atoms with Crippen LogP contribution in [0, 0.1) is 0 Å².